The van der Waals surface area contributed by atoms with Crippen molar-refractivity contribution in [3.05, 3.63) is 12.2 Å². The van der Waals surface area contributed by atoms with Crippen molar-refractivity contribution in [2.24, 2.45) is 5.92 Å². The maximum Gasteiger partial charge on any atom is 0.0308 e. The van der Waals surface area contributed by atoms with Crippen molar-refractivity contribution in [2.75, 3.05) is 26.2 Å². The minimum atomic E-state index is 0.395. The van der Waals surface area contributed by atoms with E-state index in [1.807, 2.05) is 0 Å². The highest BCUT2D eigenvalue weighted by atomic mass is 15.2. The van der Waals surface area contributed by atoms with E-state index in [9.17, 15) is 0 Å². The zero-order valence-corrected chi connectivity index (χ0v) is 10.8. The molecule has 1 saturated carbocycles. The number of hydrogen-bond donors (Lipinski definition) is 1. The molecule has 0 spiro atoms. The molecule has 1 heterocycles. The zero-order chi connectivity index (χ0) is 11.4. The summed E-state index contributed by atoms with van der Waals surface area (Å²) in [7, 11) is 0. The van der Waals surface area contributed by atoms with Gasteiger partial charge in [-0.05, 0) is 58.5 Å². The third kappa shape index (κ3) is 3.08. The van der Waals surface area contributed by atoms with Gasteiger partial charge in [0.15, 0.2) is 0 Å². The van der Waals surface area contributed by atoms with Crippen LogP contribution in [0.4, 0.5) is 0 Å². The van der Waals surface area contributed by atoms with Gasteiger partial charge in [0.25, 0.3) is 0 Å². The second kappa shape index (κ2) is 5.33. The Morgan fingerprint density at radius 2 is 2.25 bits per heavy atom. The Morgan fingerprint density at radius 1 is 1.44 bits per heavy atom. The molecule has 0 radical (unpaired) electrons. The first-order valence-electron chi connectivity index (χ1n) is 6.83. The molecule has 16 heavy (non-hydrogen) atoms. The maximum absolute atomic E-state index is 3.78. The van der Waals surface area contributed by atoms with Crippen LogP contribution in [0.2, 0.25) is 0 Å². The molecule has 1 unspecified atom stereocenters. The van der Waals surface area contributed by atoms with Crippen LogP contribution in [-0.2, 0) is 0 Å². The highest BCUT2D eigenvalue weighted by molar-refractivity contribution is 5.01. The topological polar surface area (TPSA) is 15.3 Å². The molecule has 0 amide bonds. The van der Waals surface area contributed by atoms with Crippen LogP contribution in [0.15, 0.2) is 12.2 Å². The van der Waals surface area contributed by atoms with E-state index in [1.54, 1.807) is 0 Å². The van der Waals surface area contributed by atoms with Gasteiger partial charge in [0.05, 0.1) is 0 Å². The van der Waals surface area contributed by atoms with Crippen molar-refractivity contribution in [3.63, 3.8) is 0 Å². The van der Waals surface area contributed by atoms with Crippen LogP contribution in [0.3, 0.4) is 0 Å². The lowest BCUT2D eigenvalue weighted by Gasteiger charge is -2.33. The third-order valence-corrected chi connectivity index (χ3v) is 4.06. The molecule has 1 atom stereocenters. The van der Waals surface area contributed by atoms with Gasteiger partial charge in [-0.1, -0.05) is 12.2 Å². The van der Waals surface area contributed by atoms with Crippen LogP contribution in [-0.4, -0.2) is 36.6 Å². The van der Waals surface area contributed by atoms with Crippen molar-refractivity contribution in [2.45, 2.75) is 45.1 Å². The van der Waals surface area contributed by atoms with Gasteiger partial charge in [-0.25, -0.2) is 0 Å². The summed E-state index contributed by atoms with van der Waals surface area (Å²) < 4.78 is 0. The summed E-state index contributed by atoms with van der Waals surface area (Å²) in [6.45, 7) is 9.49. The molecule has 0 bridgehead atoms. The lowest BCUT2D eigenvalue weighted by atomic mass is 9.95. The van der Waals surface area contributed by atoms with E-state index in [0.717, 1.165) is 5.92 Å². The molecule has 0 aromatic carbocycles. The Kier molecular flexibility index (Phi) is 4.04. The van der Waals surface area contributed by atoms with Crippen LogP contribution < -0.4 is 5.32 Å². The van der Waals surface area contributed by atoms with E-state index >= 15 is 0 Å². The van der Waals surface area contributed by atoms with E-state index in [-0.39, 0.29) is 0 Å². The molecule has 92 valence electrons. The van der Waals surface area contributed by atoms with Crippen LogP contribution in [0.25, 0.3) is 0 Å². The predicted molar refractivity (Wildman–Crippen MR) is 69.6 cm³/mol. The molecular weight excluding hydrogens is 196 g/mol. The standard InChI is InChI=1S/C14H26N2/c1-3-4-5-10-16-11-6-9-15-14(2,12-16)13-7-8-13/h3-4,13,15H,5-12H2,1-2H3/b4-3+. The quantitative estimate of drug-likeness (QED) is 0.735. The first kappa shape index (κ1) is 12.1. The highest BCUT2D eigenvalue weighted by Crippen LogP contribution is 2.40. The first-order chi connectivity index (χ1) is 7.74. The van der Waals surface area contributed by atoms with Gasteiger partial charge in [-0.2, -0.15) is 0 Å². The monoisotopic (exact) mass is 222 g/mol. The van der Waals surface area contributed by atoms with Crippen LogP contribution in [0, 0.1) is 5.92 Å². The summed E-state index contributed by atoms with van der Waals surface area (Å²) >= 11 is 0. The number of nitrogens with one attached hydrogen (secondary N) is 1. The molecule has 2 aliphatic rings. The molecule has 1 N–H and O–H groups in total. The van der Waals surface area contributed by atoms with Crippen molar-refractivity contribution >= 4 is 0 Å². The number of allylic oxidation sites excluding steroid dienone is 1. The number of nitrogens with zero attached hydrogens (tertiary/aromatic N) is 1. The summed E-state index contributed by atoms with van der Waals surface area (Å²) in [5, 5.41) is 3.78. The van der Waals surface area contributed by atoms with Gasteiger partial charge in [0.1, 0.15) is 0 Å². The van der Waals surface area contributed by atoms with Crippen molar-refractivity contribution in [1.29, 1.82) is 0 Å². The SMILES string of the molecule is C/C=C/CCN1CCCNC(C)(C2CC2)C1. The molecule has 2 rings (SSSR count). The van der Waals surface area contributed by atoms with E-state index in [4.69, 9.17) is 0 Å². The fourth-order valence-electron chi connectivity index (χ4n) is 2.88. The van der Waals surface area contributed by atoms with E-state index in [0.29, 0.717) is 5.54 Å². The molecule has 0 aromatic heterocycles. The molecule has 1 saturated heterocycles. The second-order valence-electron chi connectivity index (χ2n) is 5.61. The molecular formula is C14H26N2. The Bertz CT molecular complexity index is 245. The van der Waals surface area contributed by atoms with Gasteiger partial charge in [-0.15, -0.1) is 0 Å². The van der Waals surface area contributed by atoms with Gasteiger partial charge in [0.2, 0.25) is 0 Å². The first-order valence-corrected chi connectivity index (χ1v) is 6.83. The van der Waals surface area contributed by atoms with Crippen molar-refractivity contribution < 1.29 is 0 Å². The maximum atomic E-state index is 3.78. The molecule has 2 fully saturated rings. The zero-order valence-electron chi connectivity index (χ0n) is 10.8. The number of hydrogen-bond acceptors (Lipinski definition) is 2. The average Bonchev–Trinajstić information content (AvgIpc) is 3.06. The molecule has 2 heteroatoms. The fraction of sp³-hybridized carbons (Fsp3) is 0.857. The minimum Gasteiger partial charge on any atom is -0.310 e. The summed E-state index contributed by atoms with van der Waals surface area (Å²) in [6.07, 6.45) is 9.83. The van der Waals surface area contributed by atoms with E-state index in [2.05, 4.69) is 36.2 Å². The van der Waals surface area contributed by atoms with Crippen molar-refractivity contribution in [3.8, 4) is 0 Å². The Hall–Kier alpha value is -0.340. The largest absolute Gasteiger partial charge is 0.310 e. The summed E-state index contributed by atoms with van der Waals surface area (Å²) in [5.74, 6) is 0.940. The van der Waals surface area contributed by atoms with Gasteiger partial charge in [0, 0.05) is 18.6 Å². The van der Waals surface area contributed by atoms with Crippen LogP contribution in [0.1, 0.15) is 39.5 Å². The average molecular weight is 222 g/mol. The molecule has 1 aliphatic heterocycles. The normalized spacial score (nSPS) is 33.1. The predicted octanol–water partition coefficient (Wildman–Crippen LogP) is 2.42. The van der Waals surface area contributed by atoms with Gasteiger partial charge >= 0.3 is 0 Å². The summed E-state index contributed by atoms with van der Waals surface area (Å²) in [4.78, 5) is 2.65. The molecule has 0 aromatic rings. The highest BCUT2D eigenvalue weighted by Gasteiger charge is 2.42. The number of rotatable bonds is 4. The lowest BCUT2D eigenvalue weighted by molar-refractivity contribution is 0.204. The van der Waals surface area contributed by atoms with Crippen molar-refractivity contribution in [1.82, 2.24) is 10.2 Å². The Balaban J connectivity index is 1.87. The Morgan fingerprint density at radius 3 is 2.94 bits per heavy atom. The lowest BCUT2D eigenvalue weighted by Crippen LogP contribution is -2.51. The van der Waals surface area contributed by atoms with E-state index in [1.165, 1.54) is 51.9 Å². The summed E-state index contributed by atoms with van der Waals surface area (Å²) in [6, 6.07) is 0. The van der Waals surface area contributed by atoms with Gasteiger partial charge in [-0.3, -0.25) is 0 Å². The molecule has 2 nitrogen and oxygen atoms in total. The molecule has 1 aliphatic carbocycles. The van der Waals surface area contributed by atoms with Gasteiger partial charge < -0.3 is 10.2 Å². The fourth-order valence-corrected chi connectivity index (χ4v) is 2.88. The van der Waals surface area contributed by atoms with Crippen LogP contribution >= 0.6 is 0 Å². The summed E-state index contributed by atoms with van der Waals surface area (Å²) in [5.41, 5.74) is 0.395. The van der Waals surface area contributed by atoms with Crippen LogP contribution in [0.5, 0.6) is 0 Å². The Labute approximate surface area is 100 Å². The minimum absolute atomic E-state index is 0.395. The third-order valence-electron chi connectivity index (χ3n) is 4.06. The van der Waals surface area contributed by atoms with E-state index < -0.39 is 0 Å². The smallest absolute Gasteiger partial charge is 0.0308 e. The second-order valence-corrected chi connectivity index (χ2v) is 5.61.